The lowest BCUT2D eigenvalue weighted by Crippen LogP contribution is -2.54. The van der Waals surface area contributed by atoms with Gasteiger partial charge in [-0.3, -0.25) is 14.9 Å². The van der Waals surface area contributed by atoms with Gasteiger partial charge in [-0.1, -0.05) is 59.6 Å². The number of halogens is 2. The number of nitrogens with zero attached hydrogens (tertiary/aromatic N) is 1. The Balaban J connectivity index is 1.71. The average Bonchev–Trinajstić information content (AvgIpc) is 3.18. The minimum atomic E-state index is -0.911. The van der Waals surface area contributed by atoms with Crippen molar-refractivity contribution in [3.8, 4) is 11.3 Å². The van der Waals surface area contributed by atoms with Crippen LogP contribution in [0.5, 0.6) is 0 Å². The largest absolute Gasteiger partial charge is 0.457 e. The summed E-state index contributed by atoms with van der Waals surface area (Å²) in [5.41, 5.74) is 0.651. The summed E-state index contributed by atoms with van der Waals surface area (Å²) in [5.74, 6) is -0.798. The lowest BCUT2D eigenvalue weighted by molar-refractivity contribution is -0.122. The van der Waals surface area contributed by atoms with Gasteiger partial charge in [0, 0.05) is 5.56 Å². The fourth-order valence-electron chi connectivity index (χ4n) is 2.87. The molecular weight excluding hydrogens is 415 g/mol. The number of rotatable bonds is 3. The first kappa shape index (κ1) is 19.0. The number of hydrogen-bond acceptors (Lipinski definition) is 4. The Morgan fingerprint density at radius 2 is 1.66 bits per heavy atom. The van der Waals surface area contributed by atoms with E-state index >= 15 is 0 Å². The van der Waals surface area contributed by atoms with Crippen molar-refractivity contribution < 1.29 is 18.8 Å². The first-order valence-corrected chi connectivity index (χ1v) is 9.22. The topological polar surface area (TPSA) is 79.6 Å². The monoisotopic (exact) mass is 426 g/mol. The number of barbiturate groups is 1. The van der Waals surface area contributed by atoms with Gasteiger partial charge in [0.05, 0.1) is 15.7 Å². The highest BCUT2D eigenvalue weighted by molar-refractivity contribution is 6.46. The van der Waals surface area contributed by atoms with E-state index in [0.29, 0.717) is 5.76 Å². The molecule has 1 fully saturated rings. The molecular formula is C21H12Cl2N2O4. The zero-order chi connectivity index (χ0) is 20.5. The van der Waals surface area contributed by atoms with E-state index in [9.17, 15) is 14.4 Å². The second kappa shape index (κ2) is 7.58. The molecule has 4 amide bonds. The van der Waals surface area contributed by atoms with Gasteiger partial charge in [0.1, 0.15) is 17.1 Å². The van der Waals surface area contributed by atoms with Crippen molar-refractivity contribution in [1.82, 2.24) is 5.32 Å². The molecule has 1 N–H and O–H groups in total. The number of furan rings is 1. The van der Waals surface area contributed by atoms with E-state index in [1.54, 1.807) is 18.2 Å². The Morgan fingerprint density at radius 1 is 0.897 bits per heavy atom. The van der Waals surface area contributed by atoms with E-state index < -0.39 is 17.8 Å². The third-order valence-electron chi connectivity index (χ3n) is 4.25. The molecule has 1 aliphatic rings. The first-order valence-electron chi connectivity index (χ1n) is 8.46. The zero-order valence-electron chi connectivity index (χ0n) is 14.7. The molecule has 8 heteroatoms. The van der Waals surface area contributed by atoms with Gasteiger partial charge in [0.2, 0.25) is 0 Å². The molecule has 0 spiro atoms. The number of anilines is 1. The highest BCUT2D eigenvalue weighted by atomic mass is 35.5. The van der Waals surface area contributed by atoms with Crippen LogP contribution < -0.4 is 10.2 Å². The van der Waals surface area contributed by atoms with Gasteiger partial charge in [-0.2, -0.15) is 0 Å². The van der Waals surface area contributed by atoms with Gasteiger partial charge in [-0.05, 0) is 30.3 Å². The highest BCUT2D eigenvalue weighted by Gasteiger charge is 2.38. The van der Waals surface area contributed by atoms with Crippen molar-refractivity contribution in [1.29, 1.82) is 0 Å². The zero-order valence-corrected chi connectivity index (χ0v) is 16.2. The second-order valence-corrected chi connectivity index (χ2v) is 6.88. The Kier molecular flexibility index (Phi) is 4.96. The first-order chi connectivity index (χ1) is 14.0. The molecule has 0 unspecified atom stereocenters. The van der Waals surface area contributed by atoms with Crippen molar-refractivity contribution in [2.75, 3.05) is 4.90 Å². The molecule has 3 aromatic rings. The SMILES string of the molecule is O=C1NC(=O)N(c2cccc(Cl)c2Cl)C(=O)/C1=C\c1ccc(-c2ccccc2)o1. The fraction of sp³-hybridized carbons (Fsp3) is 0. The van der Waals surface area contributed by atoms with Crippen LogP contribution in [0.1, 0.15) is 5.76 Å². The van der Waals surface area contributed by atoms with Crippen LogP contribution in [0, 0.1) is 0 Å². The maximum absolute atomic E-state index is 12.9. The maximum atomic E-state index is 12.9. The molecule has 4 rings (SSSR count). The summed E-state index contributed by atoms with van der Waals surface area (Å²) in [7, 11) is 0. The van der Waals surface area contributed by atoms with Crippen molar-refractivity contribution >= 4 is 52.8 Å². The molecule has 0 radical (unpaired) electrons. The fourth-order valence-corrected chi connectivity index (χ4v) is 3.25. The third kappa shape index (κ3) is 3.55. The molecule has 29 heavy (non-hydrogen) atoms. The smallest absolute Gasteiger partial charge is 0.336 e. The number of benzene rings is 2. The Hall–Kier alpha value is -3.35. The van der Waals surface area contributed by atoms with Gasteiger partial charge in [-0.15, -0.1) is 0 Å². The normalized spacial score (nSPS) is 15.7. The molecule has 2 heterocycles. The maximum Gasteiger partial charge on any atom is 0.336 e. The van der Waals surface area contributed by atoms with Crippen LogP contribution in [0.4, 0.5) is 10.5 Å². The predicted octanol–water partition coefficient (Wildman–Crippen LogP) is 4.92. The van der Waals surface area contributed by atoms with Gasteiger partial charge in [0.15, 0.2) is 0 Å². The van der Waals surface area contributed by atoms with E-state index in [0.717, 1.165) is 10.5 Å². The molecule has 1 saturated heterocycles. The summed E-state index contributed by atoms with van der Waals surface area (Å²) in [6.45, 7) is 0. The summed E-state index contributed by atoms with van der Waals surface area (Å²) in [4.78, 5) is 38.3. The quantitative estimate of drug-likeness (QED) is 0.476. The predicted molar refractivity (Wildman–Crippen MR) is 110 cm³/mol. The van der Waals surface area contributed by atoms with Crippen molar-refractivity contribution in [3.63, 3.8) is 0 Å². The standard InChI is InChI=1S/C21H12Cl2N2O4/c22-15-7-4-8-16(18(15)23)25-20(27)14(19(26)24-21(25)28)11-13-9-10-17(29-13)12-5-2-1-3-6-12/h1-11H,(H,24,26,28)/b14-11-. The highest BCUT2D eigenvalue weighted by Crippen LogP contribution is 2.34. The molecule has 6 nitrogen and oxygen atoms in total. The lowest BCUT2D eigenvalue weighted by atomic mass is 10.1. The molecule has 0 aliphatic carbocycles. The Bertz CT molecular complexity index is 1170. The minimum Gasteiger partial charge on any atom is -0.457 e. The van der Waals surface area contributed by atoms with Crippen molar-refractivity contribution in [3.05, 3.63) is 82.0 Å². The Labute approximate surface area is 175 Å². The van der Waals surface area contributed by atoms with Crippen molar-refractivity contribution in [2.45, 2.75) is 0 Å². The van der Waals surface area contributed by atoms with Crippen LogP contribution >= 0.6 is 23.2 Å². The Morgan fingerprint density at radius 3 is 2.41 bits per heavy atom. The second-order valence-electron chi connectivity index (χ2n) is 6.10. The minimum absolute atomic E-state index is 0.0238. The van der Waals surface area contributed by atoms with Gasteiger partial charge in [-0.25, -0.2) is 9.69 Å². The molecule has 0 saturated carbocycles. The molecule has 1 aliphatic heterocycles. The van der Waals surface area contributed by atoms with Gasteiger partial charge in [0.25, 0.3) is 11.8 Å². The molecule has 0 atom stereocenters. The number of hydrogen-bond donors (Lipinski definition) is 1. The van der Waals surface area contributed by atoms with E-state index in [1.807, 2.05) is 30.3 Å². The summed E-state index contributed by atoms with van der Waals surface area (Å²) in [6, 6.07) is 16.3. The number of carbonyl (C=O) groups is 3. The van der Waals surface area contributed by atoms with Gasteiger partial charge < -0.3 is 4.42 Å². The summed E-state index contributed by atoms with van der Waals surface area (Å²) >= 11 is 12.1. The lowest BCUT2D eigenvalue weighted by Gasteiger charge is -2.27. The van der Waals surface area contributed by atoms with Crippen LogP contribution in [0.2, 0.25) is 10.0 Å². The summed E-state index contributed by atoms with van der Waals surface area (Å²) in [6.07, 6.45) is 1.28. The van der Waals surface area contributed by atoms with E-state index in [2.05, 4.69) is 5.32 Å². The van der Waals surface area contributed by atoms with E-state index in [-0.39, 0.29) is 27.1 Å². The summed E-state index contributed by atoms with van der Waals surface area (Å²) < 4.78 is 5.72. The van der Waals surface area contributed by atoms with Crippen LogP contribution in [0.25, 0.3) is 17.4 Å². The molecule has 2 aromatic carbocycles. The van der Waals surface area contributed by atoms with Gasteiger partial charge >= 0.3 is 6.03 Å². The van der Waals surface area contributed by atoms with Crippen LogP contribution in [-0.4, -0.2) is 17.8 Å². The van der Waals surface area contributed by atoms with E-state index in [4.69, 9.17) is 27.6 Å². The molecule has 144 valence electrons. The number of nitrogens with one attached hydrogen (secondary N) is 1. The number of urea groups is 1. The number of amides is 4. The summed E-state index contributed by atoms with van der Waals surface area (Å²) in [5, 5.41) is 2.33. The molecule has 1 aromatic heterocycles. The number of imide groups is 2. The van der Waals surface area contributed by atoms with E-state index in [1.165, 1.54) is 18.2 Å². The average molecular weight is 427 g/mol. The van der Waals surface area contributed by atoms with Crippen LogP contribution in [0.15, 0.2) is 70.7 Å². The van der Waals surface area contributed by atoms with Crippen LogP contribution in [0.3, 0.4) is 0 Å². The molecule has 0 bridgehead atoms. The third-order valence-corrected chi connectivity index (χ3v) is 5.05. The van der Waals surface area contributed by atoms with Crippen LogP contribution in [-0.2, 0) is 9.59 Å². The number of carbonyl (C=O) groups excluding carboxylic acids is 3. The van der Waals surface area contributed by atoms with Crippen molar-refractivity contribution in [2.24, 2.45) is 0 Å².